The van der Waals surface area contributed by atoms with Crippen molar-refractivity contribution in [3.63, 3.8) is 0 Å². The van der Waals surface area contributed by atoms with Gasteiger partial charge in [0.25, 0.3) is 5.56 Å². The van der Waals surface area contributed by atoms with Crippen LogP contribution < -0.4 is 20.8 Å². The second-order valence-corrected chi connectivity index (χ2v) is 9.98. The number of fused-ring (bicyclic) bond motifs is 9. The monoisotopic (exact) mass is 575 g/mol. The average Bonchev–Trinajstić information content (AvgIpc) is 3.08. The Kier molecular flexibility index (Phi) is 4.47. The summed E-state index contributed by atoms with van der Waals surface area (Å²) in [5, 5.41) is 11.0. The smallest absolute Gasteiger partial charge is 0.257 e. The van der Waals surface area contributed by atoms with Crippen molar-refractivity contribution < 1.29 is 9.47 Å². The fourth-order valence-corrected chi connectivity index (χ4v) is 5.96. The van der Waals surface area contributed by atoms with Gasteiger partial charge in [0, 0.05) is 14.3 Å². The minimum atomic E-state index is -1.25. The number of halogens is 2. The second kappa shape index (κ2) is 7.23. The Morgan fingerprint density at radius 3 is 2.26 bits per heavy atom. The van der Waals surface area contributed by atoms with Crippen LogP contribution in [-0.4, -0.2) is 12.1 Å². The number of H-pyrrole nitrogens is 1. The maximum absolute atomic E-state index is 13.8. The van der Waals surface area contributed by atoms with E-state index in [9.17, 15) is 10.1 Å². The van der Waals surface area contributed by atoms with Gasteiger partial charge in [0.1, 0.15) is 23.1 Å². The van der Waals surface area contributed by atoms with Crippen LogP contribution in [0, 0.1) is 11.3 Å². The highest BCUT2D eigenvalue weighted by Gasteiger charge is 2.55. The Balaban J connectivity index is 1.88. The summed E-state index contributed by atoms with van der Waals surface area (Å²) in [6, 6.07) is 19.3. The minimum Gasteiger partial charge on any atom is -0.497 e. The summed E-state index contributed by atoms with van der Waals surface area (Å²) in [6.07, 6.45) is 0. The van der Waals surface area contributed by atoms with Crippen molar-refractivity contribution in [2.45, 2.75) is 5.41 Å². The molecule has 0 atom stereocenters. The summed E-state index contributed by atoms with van der Waals surface area (Å²) in [6.45, 7) is 0. The van der Waals surface area contributed by atoms with Gasteiger partial charge >= 0.3 is 0 Å². The number of rotatable bonds is 1. The molecule has 34 heavy (non-hydrogen) atoms. The first-order valence-electron chi connectivity index (χ1n) is 10.3. The zero-order valence-corrected chi connectivity index (χ0v) is 20.9. The highest BCUT2D eigenvalue weighted by Crippen LogP contribution is 2.60. The topological polar surface area (TPSA) is 101 Å². The van der Waals surface area contributed by atoms with Crippen LogP contribution in [0.3, 0.4) is 0 Å². The number of ether oxygens (including phenoxy) is 2. The maximum atomic E-state index is 13.8. The Hall–Kier alpha value is -3.54. The van der Waals surface area contributed by atoms with Crippen molar-refractivity contribution in [1.82, 2.24) is 4.98 Å². The molecule has 0 unspecified atom stereocenters. The molecule has 8 heteroatoms. The molecule has 6 rings (SSSR count). The number of nitrogens with one attached hydrogen (secondary N) is 1. The lowest BCUT2D eigenvalue weighted by Crippen LogP contribution is -2.41. The van der Waals surface area contributed by atoms with Crippen LogP contribution in [0.1, 0.15) is 16.7 Å². The van der Waals surface area contributed by atoms with E-state index in [-0.39, 0.29) is 17.0 Å². The summed E-state index contributed by atoms with van der Waals surface area (Å²) in [4.78, 5) is 16.8. The van der Waals surface area contributed by atoms with Crippen LogP contribution in [0.5, 0.6) is 11.5 Å². The standard InChI is InChI=1S/C26H15Br2N3O3/c1-33-14-4-7-21-17(10-14)23-22(25(32)31-21)26(20(11-29)24(30)34-23)18-8-12(27)2-5-15(18)16-6-3-13(28)9-19(16)26/h2-10H,30H2,1H3,(H,31,32). The average molecular weight is 577 g/mol. The van der Waals surface area contributed by atoms with Crippen molar-refractivity contribution in [1.29, 1.82) is 5.26 Å². The van der Waals surface area contributed by atoms with Gasteiger partial charge in [-0.25, -0.2) is 0 Å². The van der Waals surface area contributed by atoms with Gasteiger partial charge in [-0.1, -0.05) is 44.0 Å². The molecule has 0 saturated heterocycles. The van der Waals surface area contributed by atoms with Crippen LogP contribution in [-0.2, 0) is 5.41 Å². The first kappa shape index (κ1) is 21.0. The van der Waals surface area contributed by atoms with Gasteiger partial charge in [0.2, 0.25) is 5.88 Å². The Morgan fingerprint density at radius 2 is 1.68 bits per heavy atom. The van der Waals surface area contributed by atoms with Gasteiger partial charge in [-0.05, 0) is 64.7 Å². The number of nitrogens with zero attached hydrogens (tertiary/aromatic N) is 1. The van der Waals surface area contributed by atoms with Gasteiger partial charge in [0.15, 0.2) is 0 Å². The lowest BCUT2D eigenvalue weighted by Gasteiger charge is -2.37. The van der Waals surface area contributed by atoms with Gasteiger partial charge in [-0.15, -0.1) is 0 Å². The number of benzene rings is 3. The molecule has 1 aliphatic carbocycles. The lowest BCUT2D eigenvalue weighted by molar-refractivity contribution is 0.383. The van der Waals surface area contributed by atoms with Crippen LogP contribution in [0.2, 0.25) is 0 Å². The number of nitriles is 1. The van der Waals surface area contributed by atoms with Crippen molar-refractivity contribution in [3.8, 4) is 28.7 Å². The van der Waals surface area contributed by atoms with Crippen LogP contribution in [0.4, 0.5) is 0 Å². The number of methoxy groups -OCH3 is 1. The first-order valence-corrected chi connectivity index (χ1v) is 11.9. The van der Waals surface area contributed by atoms with Gasteiger partial charge in [-0.3, -0.25) is 4.79 Å². The fourth-order valence-electron chi connectivity index (χ4n) is 5.23. The zero-order valence-electron chi connectivity index (χ0n) is 17.7. The predicted molar refractivity (Wildman–Crippen MR) is 136 cm³/mol. The SMILES string of the molecule is COc1ccc2[nH]c(=O)c3c(c2c1)OC(N)=C(C#N)C31c2cc(Br)ccc2-c2ccc(Br)cc21. The van der Waals surface area contributed by atoms with E-state index in [1.54, 1.807) is 25.3 Å². The van der Waals surface area contributed by atoms with Crippen molar-refractivity contribution in [2.75, 3.05) is 7.11 Å². The van der Waals surface area contributed by atoms with E-state index in [4.69, 9.17) is 15.2 Å². The zero-order chi connectivity index (χ0) is 23.8. The first-order chi connectivity index (χ1) is 16.4. The largest absolute Gasteiger partial charge is 0.497 e. The molecule has 3 N–H and O–H groups in total. The Morgan fingerprint density at radius 1 is 1.03 bits per heavy atom. The summed E-state index contributed by atoms with van der Waals surface area (Å²) in [5.74, 6) is 0.877. The quantitative estimate of drug-likeness (QED) is 0.313. The fraction of sp³-hybridized carbons (Fsp3) is 0.0769. The van der Waals surface area contributed by atoms with Crippen LogP contribution >= 0.6 is 31.9 Å². The van der Waals surface area contributed by atoms with Gasteiger partial charge < -0.3 is 20.2 Å². The molecule has 0 fully saturated rings. The van der Waals surface area contributed by atoms with E-state index in [2.05, 4.69) is 42.9 Å². The number of hydrogen-bond donors (Lipinski definition) is 2. The normalized spacial score (nSPS) is 14.9. The number of pyridine rings is 1. The number of aromatic nitrogens is 1. The van der Waals surface area contributed by atoms with E-state index >= 15 is 0 Å². The Bertz CT molecular complexity index is 1650. The third-order valence-corrected chi connectivity index (χ3v) is 7.54. The lowest BCUT2D eigenvalue weighted by atomic mass is 9.66. The molecule has 4 aromatic rings. The highest BCUT2D eigenvalue weighted by atomic mass is 79.9. The third kappa shape index (κ3) is 2.57. The molecule has 1 aromatic heterocycles. The summed E-state index contributed by atoms with van der Waals surface area (Å²) in [7, 11) is 1.57. The predicted octanol–water partition coefficient (Wildman–Crippen LogP) is 5.46. The molecular weight excluding hydrogens is 562 g/mol. The second-order valence-electron chi connectivity index (χ2n) is 8.15. The van der Waals surface area contributed by atoms with E-state index in [0.29, 0.717) is 28.0 Å². The van der Waals surface area contributed by atoms with E-state index in [0.717, 1.165) is 31.2 Å². The molecule has 0 amide bonds. The molecule has 3 aromatic carbocycles. The van der Waals surface area contributed by atoms with Crippen LogP contribution in [0.15, 0.2) is 79.8 Å². The number of aromatic amines is 1. The van der Waals surface area contributed by atoms with E-state index in [1.165, 1.54) is 0 Å². The molecule has 0 bridgehead atoms. The molecule has 6 nitrogen and oxygen atoms in total. The molecular formula is C26H15Br2N3O3. The van der Waals surface area contributed by atoms with Crippen molar-refractivity contribution in [3.05, 3.63) is 102 Å². The van der Waals surface area contributed by atoms with Gasteiger partial charge in [0.05, 0.1) is 23.6 Å². The number of allylic oxidation sites excluding steroid dienone is 1. The summed E-state index contributed by atoms with van der Waals surface area (Å²) >= 11 is 7.15. The summed E-state index contributed by atoms with van der Waals surface area (Å²) in [5.41, 5.74) is 9.29. The molecule has 0 radical (unpaired) electrons. The molecule has 0 saturated carbocycles. The number of hydrogen-bond acceptors (Lipinski definition) is 5. The highest BCUT2D eigenvalue weighted by molar-refractivity contribution is 9.10. The third-order valence-electron chi connectivity index (χ3n) is 6.56. The van der Waals surface area contributed by atoms with Crippen LogP contribution in [0.25, 0.3) is 22.0 Å². The summed E-state index contributed by atoms with van der Waals surface area (Å²) < 4.78 is 13.1. The van der Waals surface area contributed by atoms with Gasteiger partial charge in [-0.2, -0.15) is 5.26 Å². The molecule has 1 spiro atoms. The Labute approximate surface area is 210 Å². The maximum Gasteiger partial charge on any atom is 0.257 e. The molecule has 2 aliphatic rings. The van der Waals surface area contributed by atoms with Crippen molar-refractivity contribution in [2.24, 2.45) is 5.73 Å². The molecule has 2 heterocycles. The van der Waals surface area contributed by atoms with E-state index in [1.807, 2.05) is 36.4 Å². The number of nitrogens with two attached hydrogens (primary N) is 1. The van der Waals surface area contributed by atoms with E-state index < -0.39 is 5.41 Å². The molecule has 1 aliphatic heterocycles. The minimum absolute atomic E-state index is 0.0385. The van der Waals surface area contributed by atoms with Crippen molar-refractivity contribution >= 4 is 42.8 Å². The molecule has 166 valence electrons.